The lowest BCUT2D eigenvalue weighted by Gasteiger charge is -2.22. The first-order valence-corrected chi connectivity index (χ1v) is 7.66. The van der Waals surface area contributed by atoms with Gasteiger partial charge in [-0.2, -0.15) is 5.10 Å². The van der Waals surface area contributed by atoms with Crippen molar-refractivity contribution < 1.29 is 19.6 Å². The highest BCUT2D eigenvalue weighted by Gasteiger charge is 2.30. The minimum Gasteiger partial charge on any atom is -0.481 e. The SMILES string of the molecule is O=C(CCn1cc([N+](=O)[O-])cn1)N[C@H]1CCCCC[C@H]1C(=O)O. The number of hydrogen-bond donors (Lipinski definition) is 2. The molecule has 9 nitrogen and oxygen atoms in total. The quantitative estimate of drug-likeness (QED) is 0.461. The van der Waals surface area contributed by atoms with E-state index in [0.29, 0.717) is 12.8 Å². The third kappa shape index (κ3) is 4.76. The molecule has 0 bridgehead atoms. The monoisotopic (exact) mass is 324 g/mol. The summed E-state index contributed by atoms with van der Waals surface area (Å²) in [6, 6.07) is -0.352. The van der Waals surface area contributed by atoms with E-state index in [1.54, 1.807) is 0 Å². The first-order chi connectivity index (χ1) is 11.0. The Hall–Kier alpha value is -2.45. The zero-order valence-electron chi connectivity index (χ0n) is 12.7. The van der Waals surface area contributed by atoms with Crippen LogP contribution in [0, 0.1) is 16.0 Å². The van der Waals surface area contributed by atoms with Crippen molar-refractivity contribution in [2.75, 3.05) is 0 Å². The second-order valence-electron chi connectivity index (χ2n) is 5.73. The van der Waals surface area contributed by atoms with Gasteiger partial charge in [-0.1, -0.05) is 19.3 Å². The number of nitro groups is 1. The molecule has 1 aromatic rings. The number of amides is 1. The molecule has 23 heavy (non-hydrogen) atoms. The molecule has 1 fully saturated rings. The Morgan fingerprint density at radius 3 is 2.78 bits per heavy atom. The number of rotatable bonds is 6. The number of aromatic nitrogens is 2. The second-order valence-corrected chi connectivity index (χ2v) is 5.73. The number of hydrogen-bond acceptors (Lipinski definition) is 5. The highest BCUT2D eigenvalue weighted by molar-refractivity contribution is 5.78. The van der Waals surface area contributed by atoms with Crippen molar-refractivity contribution in [2.24, 2.45) is 5.92 Å². The van der Waals surface area contributed by atoms with E-state index >= 15 is 0 Å². The van der Waals surface area contributed by atoms with Crippen LogP contribution in [0.5, 0.6) is 0 Å². The van der Waals surface area contributed by atoms with Crippen molar-refractivity contribution in [1.29, 1.82) is 0 Å². The van der Waals surface area contributed by atoms with E-state index in [-0.39, 0.29) is 30.6 Å². The van der Waals surface area contributed by atoms with E-state index in [1.807, 2.05) is 0 Å². The summed E-state index contributed by atoms with van der Waals surface area (Å²) >= 11 is 0. The van der Waals surface area contributed by atoms with Crippen molar-refractivity contribution in [2.45, 2.75) is 51.1 Å². The van der Waals surface area contributed by atoms with E-state index < -0.39 is 16.8 Å². The van der Waals surface area contributed by atoms with Gasteiger partial charge >= 0.3 is 11.7 Å². The van der Waals surface area contributed by atoms with Gasteiger partial charge in [-0.15, -0.1) is 0 Å². The van der Waals surface area contributed by atoms with E-state index in [0.717, 1.165) is 25.5 Å². The molecular formula is C14H20N4O5. The molecule has 1 amide bonds. The molecule has 0 unspecified atom stereocenters. The molecule has 9 heteroatoms. The summed E-state index contributed by atoms with van der Waals surface area (Å²) in [6.07, 6.45) is 6.47. The van der Waals surface area contributed by atoms with E-state index in [2.05, 4.69) is 10.4 Å². The molecule has 0 aromatic carbocycles. The van der Waals surface area contributed by atoms with Crippen molar-refractivity contribution in [3.05, 3.63) is 22.5 Å². The Morgan fingerprint density at radius 1 is 1.39 bits per heavy atom. The lowest BCUT2D eigenvalue weighted by molar-refractivity contribution is -0.385. The maximum absolute atomic E-state index is 12.0. The molecule has 0 spiro atoms. The van der Waals surface area contributed by atoms with E-state index in [9.17, 15) is 24.8 Å². The number of carboxylic acids is 1. The van der Waals surface area contributed by atoms with Crippen molar-refractivity contribution in [1.82, 2.24) is 15.1 Å². The van der Waals surface area contributed by atoms with Crippen molar-refractivity contribution >= 4 is 17.6 Å². The summed E-state index contributed by atoms with van der Waals surface area (Å²) in [5.41, 5.74) is -0.125. The predicted molar refractivity (Wildman–Crippen MR) is 79.6 cm³/mol. The summed E-state index contributed by atoms with van der Waals surface area (Å²) in [4.78, 5) is 33.4. The molecule has 2 N–H and O–H groups in total. The van der Waals surface area contributed by atoms with Crippen LogP contribution < -0.4 is 5.32 Å². The molecule has 0 saturated heterocycles. The number of aryl methyl sites for hydroxylation is 1. The van der Waals surface area contributed by atoms with Crippen LogP contribution in [0.3, 0.4) is 0 Å². The van der Waals surface area contributed by atoms with Crippen LogP contribution in [0.4, 0.5) is 5.69 Å². The molecule has 1 aromatic heterocycles. The van der Waals surface area contributed by atoms with Gasteiger partial charge in [-0.25, -0.2) is 0 Å². The highest BCUT2D eigenvalue weighted by Crippen LogP contribution is 2.24. The maximum atomic E-state index is 12.0. The lowest BCUT2D eigenvalue weighted by atomic mass is 9.95. The van der Waals surface area contributed by atoms with Gasteiger partial charge in [0.25, 0.3) is 0 Å². The Balaban J connectivity index is 1.87. The van der Waals surface area contributed by atoms with Crippen LogP contribution in [0.15, 0.2) is 12.4 Å². The summed E-state index contributed by atoms with van der Waals surface area (Å²) in [5.74, 6) is -1.69. The standard InChI is InChI=1S/C14H20N4O5/c19-13(6-7-17-9-10(8-15-17)18(22)23)16-12-5-3-1-2-4-11(12)14(20)21/h8-9,11-12H,1-7H2,(H,16,19)(H,20,21)/t11-,12+/m1/s1. The van der Waals surface area contributed by atoms with Crippen molar-refractivity contribution in [3.63, 3.8) is 0 Å². The normalized spacial score (nSPS) is 21.4. The fourth-order valence-corrected chi connectivity index (χ4v) is 2.84. The Bertz CT molecular complexity index is 585. The van der Waals surface area contributed by atoms with Crippen LogP contribution in [-0.2, 0) is 16.1 Å². The van der Waals surface area contributed by atoms with Gasteiger partial charge in [0, 0.05) is 19.0 Å². The molecule has 1 aliphatic rings. The first kappa shape index (κ1) is 16.9. The smallest absolute Gasteiger partial charge is 0.308 e. The van der Waals surface area contributed by atoms with Gasteiger partial charge in [0.1, 0.15) is 12.4 Å². The summed E-state index contributed by atoms with van der Waals surface area (Å²) < 4.78 is 1.33. The van der Waals surface area contributed by atoms with Gasteiger partial charge in [-0.05, 0) is 12.8 Å². The Labute approximate surface area is 132 Å². The van der Waals surface area contributed by atoms with Crippen LogP contribution in [-0.4, -0.2) is 37.7 Å². The molecule has 1 aliphatic carbocycles. The topological polar surface area (TPSA) is 127 Å². The fraction of sp³-hybridized carbons (Fsp3) is 0.643. The minimum absolute atomic E-state index is 0.0989. The van der Waals surface area contributed by atoms with E-state index in [4.69, 9.17) is 0 Å². The molecule has 0 radical (unpaired) electrons. The average molecular weight is 324 g/mol. The molecule has 126 valence electrons. The zero-order chi connectivity index (χ0) is 16.8. The third-order valence-corrected chi connectivity index (χ3v) is 4.08. The van der Waals surface area contributed by atoms with Crippen LogP contribution >= 0.6 is 0 Å². The van der Waals surface area contributed by atoms with Crippen LogP contribution in [0.25, 0.3) is 0 Å². The molecule has 0 aliphatic heterocycles. The van der Waals surface area contributed by atoms with Crippen LogP contribution in [0.1, 0.15) is 38.5 Å². The average Bonchev–Trinajstić information content (AvgIpc) is 2.85. The second kappa shape index (κ2) is 7.70. The first-order valence-electron chi connectivity index (χ1n) is 7.66. The third-order valence-electron chi connectivity index (χ3n) is 4.08. The summed E-state index contributed by atoms with van der Waals surface area (Å²) in [5, 5.41) is 26.5. The minimum atomic E-state index is -0.875. The summed E-state index contributed by atoms with van der Waals surface area (Å²) in [6.45, 7) is 0.212. The van der Waals surface area contributed by atoms with Gasteiger partial charge < -0.3 is 10.4 Å². The number of aliphatic carboxylic acids is 1. The number of carbonyl (C=O) groups excluding carboxylic acids is 1. The van der Waals surface area contributed by atoms with Gasteiger partial charge in [-0.3, -0.25) is 24.4 Å². The molecular weight excluding hydrogens is 304 g/mol. The number of carboxylic acid groups (broad SMARTS) is 1. The molecule has 1 saturated carbocycles. The largest absolute Gasteiger partial charge is 0.481 e. The molecule has 1 heterocycles. The van der Waals surface area contributed by atoms with Crippen molar-refractivity contribution in [3.8, 4) is 0 Å². The molecule has 2 atom stereocenters. The number of nitrogens with zero attached hydrogens (tertiary/aromatic N) is 3. The lowest BCUT2D eigenvalue weighted by Crippen LogP contribution is -2.43. The predicted octanol–water partition coefficient (Wildman–Crippen LogP) is 1.33. The van der Waals surface area contributed by atoms with Gasteiger partial charge in [0.2, 0.25) is 5.91 Å². The number of carbonyl (C=O) groups is 2. The Morgan fingerprint density at radius 2 is 2.13 bits per heavy atom. The van der Waals surface area contributed by atoms with Gasteiger partial charge in [0.15, 0.2) is 0 Å². The Kier molecular flexibility index (Phi) is 5.67. The fourth-order valence-electron chi connectivity index (χ4n) is 2.84. The summed E-state index contributed by atoms with van der Waals surface area (Å²) in [7, 11) is 0. The van der Waals surface area contributed by atoms with Gasteiger partial charge in [0.05, 0.1) is 10.8 Å². The maximum Gasteiger partial charge on any atom is 0.308 e. The number of nitrogens with one attached hydrogen (secondary N) is 1. The van der Waals surface area contributed by atoms with Crippen LogP contribution in [0.2, 0.25) is 0 Å². The highest BCUT2D eigenvalue weighted by atomic mass is 16.6. The molecule has 2 rings (SSSR count). The van der Waals surface area contributed by atoms with E-state index in [1.165, 1.54) is 10.9 Å². The zero-order valence-corrected chi connectivity index (χ0v) is 12.7.